The molecule has 162 valence electrons. The van der Waals surface area contributed by atoms with Gasteiger partial charge in [-0.3, -0.25) is 4.79 Å². The van der Waals surface area contributed by atoms with Gasteiger partial charge in [0, 0.05) is 23.7 Å². The van der Waals surface area contributed by atoms with Crippen LogP contribution in [0.3, 0.4) is 0 Å². The van der Waals surface area contributed by atoms with Gasteiger partial charge in [0.15, 0.2) is 11.5 Å². The Balaban J connectivity index is 1.88. The lowest BCUT2D eigenvalue weighted by Gasteiger charge is -2.27. The van der Waals surface area contributed by atoms with Crippen LogP contribution in [0.25, 0.3) is 0 Å². The number of ether oxygens (including phenoxy) is 4. The highest BCUT2D eigenvalue weighted by atomic mass is 16.5. The van der Waals surface area contributed by atoms with Gasteiger partial charge in [0.25, 0.3) is 5.91 Å². The number of hydrogen-bond acceptors (Lipinski definition) is 5. The summed E-state index contributed by atoms with van der Waals surface area (Å²) in [5, 5.41) is 0. The van der Waals surface area contributed by atoms with Gasteiger partial charge in [-0.2, -0.15) is 0 Å². The molecule has 30 heavy (non-hydrogen) atoms. The van der Waals surface area contributed by atoms with E-state index in [2.05, 4.69) is 6.92 Å². The number of amides is 1. The maximum absolute atomic E-state index is 13.4. The maximum Gasteiger partial charge on any atom is 0.254 e. The Hall–Kier alpha value is -2.89. The molecular weight excluding hydrogens is 382 g/mol. The van der Waals surface area contributed by atoms with Crippen LogP contribution >= 0.6 is 0 Å². The van der Waals surface area contributed by atoms with Crippen LogP contribution in [0.2, 0.25) is 0 Å². The van der Waals surface area contributed by atoms with Gasteiger partial charge in [-0.15, -0.1) is 0 Å². The Labute approximate surface area is 178 Å². The van der Waals surface area contributed by atoms with Crippen molar-refractivity contribution in [1.29, 1.82) is 0 Å². The minimum absolute atomic E-state index is 0.0154. The Bertz CT molecular complexity index is 867. The molecule has 0 aromatic heterocycles. The molecule has 1 amide bonds. The summed E-state index contributed by atoms with van der Waals surface area (Å²) in [6.45, 7) is 5.80. The number of hydrogen-bond donors (Lipinski definition) is 0. The molecule has 1 saturated heterocycles. The molecule has 1 aliphatic rings. The van der Waals surface area contributed by atoms with Crippen LogP contribution in [0.1, 0.15) is 55.1 Å². The molecular formula is C24H31NO5. The molecule has 6 heteroatoms. The molecule has 1 fully saturated rings. The highest BCUT2D eigenvalue weighted by molar-refractivity contribution is 5.95. The van der Waals surface area contributed by atoms with E-state index in [1.54, 1.807) is 20.3 Å². The second kappa shape index (κ2) is 10.2. The zero-order valence-corrected chi connectivity index (χ0v) is 18.3. The first-order valence-corrected chi connectivity index (χ1v) is 10.5. The average molecular weight is 414 g/mol. The fourth-order valence-corrected chi connectivity index (χ4v) is 3.83. The zero-order chi connectivity index (χ0) is 21.5. The molecule has 0 bridgehead atoms. The van der Waals surface area contributed by atoms with Gasteiger partial charge in [-0.25, -0.2) is 0 Å². The average Bonchev–Trinajstić information content (AvgIpc) is 3.27. The van der Waals surface area contributed by atoms with Crippen molar-refractivity contribution in [2.45, 2.75) is 39.2 Å². The first-order valence-electron chi connectivity index (χ1n) is 10.5. The molecule has 0 saturated carbocycles. The third kappa shape index (κ3) is 4.64. The highest BCUT2D eigenvalue weighted by Gasteiger charge is 2.33. The molecule has 0 aliphatic carbocycles. The van der Waals surface area contributed by atoms with Gasteiger partial charge >= 0.3 is 0 Å². The van der Waals surface area contributed by atoms with Crippen LogP contribution in [-0.4, -0.2) is 44.8 Å². The van der Waals surface area contributed by atoms with Crippen LogP contribution in [0.4, 0.5) is 0 Å². The number of methoxy groups -OCH3 is 2. The molecule has 0 unspecified atom stereocenters. The van der Waals surface area contributed by atoms with Crippen molar-refractivity contribution in [1.82, 2.24) is 4.90 Å². The summed E-state index contributed by atoms with van der Waals surface area (Å²) in [4.78, 5) is 15.3. The molecule has 1 atom stereocenters. The van der Waals surface area contributed by atoms with Crippen molar-refractivity contribution < 1.29 is 23.7 Å². The van der Waals surface area contributed by atoms with E-state index in [0.29, 0.717) is 36.8 Å². The van der Waals surface area contributed by atoms with Gasteiger partial charge < -0.3 is 23.8 Å². The molecule has 3 rings (SSSR count). The summed E-state index contributed by atoms with van der Waals surface area (Å²) in [7, 11) is 3.27. The Morgan fingerprint density at radius 2 is 1.83 bits per heavy atom. The van der Waals surface area contributed by atoms with Crippen molar-refractivity contribution in [2.24, 2.45) is 0 Å². The number of carbonyl (C=O) groups is 1. The Kier molecular flexibility index (Phi) is 7.44. The number of benzene rings is 2. The lowest BCUT2D eigenvalue weighted by molar-refractivity contribution is 0.0733. The first kappa shape index (κ1) is 21.8. The second-order valence-electron chi connectivity index (χ2n) is 7.21. The molecule has 6 nitrogen and oxygen atoms in total. The summed E-state index contributed by atoms with van der Waals surface area (Å²) in [5.41, 5.74) is 1.60. The fraction of sp³-hybridized carbons (Fsp3) is 0.458. The van der Waals surface area contributed by atoms with E-state index in [-0.39, 0.29) is 11.9 Å². The SMILES string of the molecule is CCCOc1ccc(C(=O)N2CCC[C@H]2c2ccc(OC)cc2OC)cc1OCC. The Morgan fingerprint density at radius 1 is 1.00 bits per heavy atom. The zero-order valence-electron chi connectivity index (χ0n) is 18.3. The van der Waals surface area contributed by atoms with E-state index in [9.17, 15) is 4.79 Å². The van der Waals surface area contributed by atoms with Gasteiger partial charge in [0.2, 0.25) is 0 Å². The van der Waals surface area contributed by atoms with E-state index < -0.39 is 0 Å². The molecule has 2 aromatic rings. The molecule has 0 spiro atoms. The second-order valence-corrected chi connectivity index (χ2v) is 7.21. The first-order chi connectivity index (χ1) is 14.6. The van der Waals surface area contributed by atoms with Crippen molar-refractivity contribution >= 4 is 5.91 Å². The standard InChI is InChI=1S/C24H31NO5/c1-5-14-30-21-12-9-17(15-23(21)29-6-2)24(26)25-13-7-8-20(25)19-11-10-18(27-3)16-22(19)28-4/h9-12,15-16,20H,5-8,13-14H2,1-4H3/t20-/m0/s1. The normalized spacial score (nSPS) is 15.7. The third-order valence-electron chi connectivity index (χ3n) is 5.27. The number of likely N-dealkylation sites (tertiary alicyclic amines) is 1. The van der Waals surface area contributed by atoms with Crippen LogP contribution in [-0.2, 0) is 0 Å². The fourth-order valence-electron chi connectivity index (χ4n) is 3.83. The molecule has 0 N–H and O–H groups in total. The number of rotatable bonds is 9. The van der Waals surface area contributed by atoms with Gasteiger partial charge in [-0.05, 0) is 56.5 Å². The van der Waals surface area contributed by atoms with Crippen molar-refractivity contribution in [3.05, 3.63) is 47.5 Å². The molecule has 1 aliphatic heterocycles. The van der Waals surface area contributed by atoms with Crippen molar-refractivity contribution in [3.63, 3.8) is 0 Å². The summed E-state index contributed by atoms with van der Waals surface area (Å²) in [6.07, 6.45) is 2.75. The summed E-state index contributed by atoms with van der Waals surface area (Å²) in [6, 6.07) is 11.2. The lowest BCUT2D eigenvalue weighted by Crippen LogP contribution is -2.30. The minimum atomic E-state index is -0.0371. The highest BCUT2D eigenvalue weighted by Crippen LogP contribution is 2.40. The van der Waals surface area contributed by atoms with E-state index in [1.807, 2.05) is 42.2 Å². The van der Waals surface area contributed by atoms with Crippen LogP contribution in [0.15, 0.2) is 36.4 Å². The Morgan fingerprint density at radius 3 is 2.53 bits per heavy atom. The minimum Gasteiger partial charge on any atom is -0.497 e. The van der Waals surface area contributed by atoms with E-state index in [0.717, 1.165) is 36.3 Å². The topological polar surface area (TPSA) is 57.2 Å². The van der Waals surface area contributed by atoms with Crippen LogP contribution in [0, 0.1) is 0 Å². The van der Waals surface area contributed by atoms with Crippen molar-refractivity contribution in [2.75, 3.05) is 34.0 Å². The molecule has 1 heterocycles. The van der Waals surface area contributed by atoms with Crippen molar-refractivity contribution in [3.8, 4) is 23.0 Å². The van der Waals surface area contributed by atoms with E-state index in [4.69, 9.17) is 18.9 Å². The monoisotopic (exact) mass is 413 g/mol. The number of carbonyl (C=O) groups excluding carboxylic acids is 1. The summed E-state index contributed by atoms with van der Waals surface area (Å²) in [5.74, 6) is 2.73. The predicted octanol–water partition coefficient (Wildman–Crippen LogP) is 4.87. The van der Waals surface area contributed by atoms with E-state index in [1.165, 1.54) is 0 Å². The largest absolute Gasteiger partial charge is 0.497 e. The van der Waals surface area contributed by atoms with Gasteiger partial charge in [-0.1, -0.05) is 6.92 Å². The summed E-state index contributed by atoms with van der Waals surface area (Å²) >= 11 is 0. The van der Waals surface area contributed by atoms with Crippen LogP contribution < -0.4 is 18.9 Å². The smallest absolute Gasteiger partial charge is 0.254 e. The quantitative estimate of drug-likeness (QED) is 0.587. The molecule has 0 radical (unpaired) electrons. The van der Waals surface area contributed by atoms with Gasteiger partial charge in [0.1, 0.15) is 11.5 Å². The molecule has 2 aromatic carbocycles. The predicted molar refractivity (Wildman–Crippen MR) is 116 cm³/mol. The lowest BCUT2D eigenvalue weighted by atomic mass is 10.0. The summed E-state index contributed by atoms with van der Waals surface area (Å²) < 4.78 is 22.4. The third-order valence-corrected chi connectivity index (χ3v) is 5.27. The van der Waals surface area contributed by atoms with Crippen LogP contribution in [0.5, 0.6) is 23.0 Å². The van der Waals surface area contributed by atoms with E-state index >= 15 is 0 Å². The number of nitrogens with zero attached hydrogens (tertiary/aromatic N) is 1. The maximum atomic E-state index is 13.4. The van der Waals surface area contributed by atoms with Gasteiger partial charge in [0.05, 0.1) is 33.5 Å².